The van der Waals surface area contributed by atoms with Gasteiger partial charge in [-0.15, -0.1) is 0 Å². The minimum Gasteiger partial charge on any atom is -0.335 e. The Kier molecular flexibility index (Phi) is 2.48. The molecular weight excluding hydrogens is 208 g/mol. The molecule has 0 saturated carbocycles. The zero-order valence-corrected chi connectivity index (χ0v) is 9.93. The van der Waals surface area contributed by atoms with Crippen LogP contribution in [0, 0.1) is 18.6 Å². The van der Waals surface area contributed by atoms with Crippen LogP contribution in [0.25, 0.3) is 0 Å². The van der Waals surface area contributed by atoms with Gasteiger partial charge in [-0.2, -0.15) is 5.10 Å². The number of rotatable bonds is 2. The van der Waals surface area contributed by atoms with E-state index in [4.69, 9.17) is 12.2 Å². The molecule has 15 heavy (non-hydrogen) atoms. The quantitative estimate of drug-likeness (QED) is 0.789. The van der Waals surface area contributed by atoms with Crippen molar-refractivity contribution in [1.29, 1.82) is 0 Å². The van der Waals surface area contributed by atoms with Crippen molar-refractivity contribution in [2.45, 2.75) is 20.4 Å². The van der Waals surface area contributed by atoms with Crippen LogP contribution in [0.15, 0.2) is 12.4 Å². The summed E-state index contributed by atoms with van der Waals surface area (Å²) >= 11 is 5.20. The third kappa shape index (κ3) is 2.02. The second-order valence-electron chi connectivity index (χ2n) is 3.78. The van der Waals surface area contributed by atoms with E-state index in [0.717, 1.165) is 22.7 Å². The molecule has 80 valence electrons. The second-order valence-corrected chi connectivity index (χ2v) is 4.17. The van der Waals surface area contributed by atoms with Crippen molar-refractivity contribution in [3.05, 3.63) is 34.1 Å². The summed E-state index contributed by atoms with van der Waals surface area (Å²) in [4.78, 5) is 3.10. The van der Waals surface area contributed by atoms with Crippen LogP contribution in [0.2, 0.25) is 0 Å². The summed E-state index contributed by atoms with van der Waals surface area (Å²) in [6.45, 7) is 4.80. The Balaban J connectivity index is 2.33. The average molecular weight is 222 g/mol. The molecule has 0 aliphatic carbocycles. The van der Waals surface area contributed by atoms with Gasteiger partial charge >= 0.3 is 0 Å². The van der Waals surface area contributed by atoms with Gasteiger partial charge in [0, 0.05) is 30.7 Å². The Labute approximate surface area is 93.6 Å². The minimum atomic E-state index is 0.760. The van der Waals surface area contributed by atoms with Crippen LogP contribution in [0.3, 0.4) is 0 Å². The monoisotopic (exact) mass is 222 g/mol. The Bertz CT molecular complexity index is 532. The number of aryl methyl sites for hydroxylation is 3. The third-order valence-electron chi connectivity index (χ3n) is 2.37. The lowest BCUT2D eigenvalue weighted by molar-refractivity contribution is 0.755. The number of nitrogens with one attached hydrogen (secondary N) is 1. The van der Waals surface area contributed by atoms with E-state index in [-0.39, 0.29) is 0 Å². The van der Waals surface area contributed by atoms with Gasteiger partial charge in [-0.3, -0.25) is 4.68 Å². The third-order valence-corrected chi connectivity index (χ3v) is 2.71. The zero-order chi connectivity index (χ0) is 11.0. The molecule has 0 atom stereocenters. The summed E-state index contributed by atoms with van der Waals surface area (Å²) in [5.74, 6) is 0. The highest BCUT2D eigenvalue weighted by molar-refractivity contribution is 7.71. The first-order valence-electron chi connectivity index (χ1n) is 4.81. The molecule has 2 heterocycles. The highest BCUT2D eigenvalue weighted by Crippen LogP contribution is 2.08. The zero-order valence-electron chi connectivity index (χ0n) is 9.11. The fourth-order valence-electron chi connectivity index (χ4n) is 1.67. The molecule has 0 radical (unpaired) electrons. The molecular formula is C10H14N4S. The number of aromatic nitrogens is 4. The Morgan fingerprint density at radius 1 is 1.40 bits per heavy atom. The summed E-state index contributed by atoms with van der Waals surface area (Å²) in [6, 6.07) is 0. The molecule has 5 heteroatoms. The molecule has 0 spiro atoms. The fourth-order valence-corrected chi connectivity index (χ4v) is 1.95. The topological polar surface area (TPSA) is 38.5 Å². The first-order chi connectivity index (χ1) is 7.06. The first-order valence-corrected chi connectivity index (χ1v) is 5.22. The summed E-state index contributed by atoms with van der Waals surface area (Å²) in [6.07, 6.45) is 4.05. The van der Waals surface area contributed by atoms with Crippen molar-refractivity contribution in [3.63, 3.8) is 0 Å². The predicted octanol–water partition coefficient (Wildman–Crippen LogP) is 1.94. The lowest BCUT2D eigenvalue weighted by Gasteiger charge is -1.99. The van der Waals surface area contributed by atoms with Crippen LogP contribution in [0.1, 0.15) is 17.0 Å². The van der Waals surface area contributed by atoms with Crippen LogP contribution in [0.4, 0.5) is 0 Å². The van der Waals surface area contributed by atoms with Gasteiger partial charge in [0.25, 0.3) is 0 Å². The summed E-state index contributed by atoms with van der Waals surface area (Å²) in [7, 11) is 1.93. The molecule has 2 rings (SSSR count). The molecule has 2 aromatic rings. The largest absolute Gasteiger partial charge is 0.335 e. The Morgan fingerprint density at radius 2 is 2.13 bits per heavy atom. The summed E-state index contributed by atoms with van der Waals surface area (Å²) < 4.78 is 4.61. The van der Waals surface area contributed by atoms with Gasteiger partial charge in [-0.05, 0) is 26.1 Å². The van der Waals surface area contributed by atoms with Gasteiger partial charge in [0.1, 0.15) is 0 Å². The molecule has 0 aliphatic rings. The molecule has 0 aromatic carbocycles. The van der Waals surface area contributed by atoms with Gasteiger partial charge in [0.15, 0.2) is 4.77 Å². The highest BCUT2D eigenvalue weighted by Gasteiger charge is 2.04. The number of H-pyrrole nitrogens is 1. The van der Waals surface area contributed by atoms with E-state index in [9.17, 15) is 0 Å². The van der Waals surface area contributed by atoms with Crippen LogP contribution >= 0.6 is 12.2 Å². The average Bonchev–Trinajstić information content (AvgIpc) is 2.58. The number of hydrogen-bond donors (Lipinski definition) is 1. The van der Waals surface area contributed by atoms with Crippen molar-refractivity contribution in [1.82, 2.24) is 19.3 Å². The fraction of sp³-hybridized carbons (Fsp3) is 0.400. The molecule has 0 saturated heterocycles. The Hall–Kier alpha value is -1.36. The molecule has 1 N–H and O–H groups in total. The van der Waals surface area contributed by atoms with E-state index in [0.29, 0.717) is 0 Å². The highest BCUT2D eigenvalue weighted by atomic mass is 32.1. The lowest BCUT2D eigenvalue weighted by atomic mass is 10.2. The molecule has 4 nitrogen and oxygen atoms in total. The standard InChI is InChI=1S/C10H14N4S/c1-7-4-14(10(15)11-7)6-9-5-13(3)12-8(9)2/h4-5H,6H2,1-3H3,(H,11,15). The summed E-state index contributed by atoms with van der Waals surface area (Å²) in [5, 5.41) is 4.30. The van der Waals surface area contributed by atoms with E-state index < -0.39 is 0 Å². The maximum atomic E-state index is 5.20. The number of imidazole rings is 1. The smallest absolute Gasteiger partial charge is 0.177 e. The maximum absolute atomic E-state index is 5.20. The van der Waals surface area contributed by atoms with E-state index in [1.807, 2.05) is 42.5 Å². The van der Waals surface area contributed by atoms with E-state index in [1.165, 1.54) is 5.56 Å². The van der Waals surface area contributed by atoms with Crippen molar-refractivity contribution >= 4 is 12.2 Å². The molecule has 0 amide bonds. The molecule has 0 aliphatic heterocycles. The Morgan fingerprint density at radius 3 is 2.60 bits per heavy atom. The SMILES string of the molecule is Cc1cn(Cc2cn(C)nc2C)c(=S)[nH]1. The van der Waals surface area contributed by atoms with Crippen LogP contribution in [0.5, 0.6) is 0 Å². The first kappa shape index (κ1) is 10.2. The van der Waals surface area contributed by atoms with Crippen molar-refractivity contribution in [2.24, 2.45) is 7.05 Å². The van der Waals surface area contributed by atoms with Crippen molar-refractivity contribution < 1.29 is 0 Å². The van der Waals surface area contributed by atoms with Gasteiger partial charge in [-0.25, -0.2) is 0 Å². The molecule has 0 fully saturated rings. The number of aromatic amines is 1. The van der Waals surface area contributed by atoms with E-state index in [1.54, 1.807) is 0 Å². The maximum Gasteiger partial charge on any atom is 0.177 e. The predicted molar refractivity (Wildman–Crippen MR) is 61.4 cm³/mol. The van der Waals surface area contributed by atoms with Gasteiger partial charge < -0.3 is 9.55 Å². The second kappa shape index (κ2) is 3.66. The van der Waals surface area contributed by atoms with Gasteiger partial charge in [0.05, 0.1) is 12.2 Å². The van der Waals surface area contributed by atoms with Crippen molar-refractivity contribution in [3.8, 4) is 0 Å². The minimum absolute atomic E-state index is 0.760. The lowest BCUT2D eigenvalue weighted by Crippen LogP contribution is -1.98. The molecule has 0 unspecified atom stereocenters. The number of nitrogens with zero attached hydrogens (tertiary/aromatic N) is 3. The molecule has 0 bridgehead atoms. The molecule has 2 aromatic heterocycles. The van der Waals surface area contributed by atoms with Crippen molar-refractivity contribution in [2.75, 3.05) is 0 Å². The summed E-state index contributed by atoms with van der Waals surface area (Å²) in [5.41, 5.74) is 3.34. The van der Waals surface area contributed by atoms with Gasteiger partial charge in [-0.1, -0.05) is 0 Å². The van der Waals surface area contributed by atoms with Crippen LogP contribution in [-0.2, 0) is 13.6 Å². The van der Waals surface area contributed by atoms with Crippen LogP contribution in [-0.4, -0.2) is 19.3 Å². The van der Waals surface area contributed by atoms with E-state index >= 15 is 0 Å². The van der Waals surface area contributed by atoms with Crippen LogP contribution < -0.4 is 0 Å². The van der Waals surface area contributed by atoms with E-state index in [2.05, 4.69) is 10.1 Å². The number of hydrogen-bond acceptors (Lipinski definition) is 2. The van der Waals surface area contributed by atoms with Gasteiger partial charge in [0.2, 0.25) is 0 Å². The normalized spacial score (nSPS) is 10.9.